The van der Waals surface area contributed by atoms with Crippen molar-refractivity contribution in [3.8, 4) is 78.4 Å². The average Bonchev–Trinajstić information content (AvgIpc) is 3.49. The van der Waals surface area contributed by atoms with Crippen LogP contribution in [0.4, 0.5) is 0 Å². The SMILES string of the molecule is CC1(C)c2ccc(-c3ccc(-c4ccc(-c5cc(-c6ccc(-c7cccnc7)cc6)nc(-c6ccccc6)n5)cc4)cc3)cc2-c2c1ccc1ccccc21. The number of hydrogen-bond acceptors (Lipinski definition) is 3. The van der Waals surface area contributed by atoms with Crippen LogP contribution in [0.5, 0.6) is 0 Å². The highest BCUT2D eigenvalue weighted by atomic mass is 14.9. The monoisotopic (exact) mass is 703 g/mol. The Kier molecular flexibility index (Phi) is 7.81. The van der Waals surface area contributed by atoms with Gasteiger partial charge in [0, 0.05) is 34.5 Å². The lowest BCUT2D eigenvalue weighted by atomic mass is 9.82. The highest BCUT2D eigenvalue weighted by Gasteiger charge is 2.36. The molecule has 0 N–H and O–H groups in total. The van der Waals surface area contributed by atoms with Gasteiger partial charge in [-0.05, 0) is 84.6 Å². The number of hydrogen-bond donors (Lipinski definition) is 0. The fourth-order valence-electron chi connectivity index (χ4n) is 8.22. The molecule has 0 aliphatic heterocycles. The molecule has 0 saturated carbocycles. The molecule has 0 bridgehead atoms. The molecule has 0 radical (unpaired) electrons. The largest absolute Gasteiger partial charge is 0.264 e. The van der Waals surface area contributed by atoms with Crippen molar-refractivity contribution >= 4 is 10.8 Å². The van der Waals surface area contributed by atoms with E-state index in [1.54, 1.807) is 6.20 Å². The summed E-state index contributed by atoms with van der Waals surface area (Å²) >= 11 is 0. The molecule has 0 saturated heterocycles. The number of pyridine rings is 1. The molecule has 10 rings (SSSR count). The van der Waals surface area contributed by atoms with Gasteiger partial charge >= 0.3 is 0 Å². The summed E-state index contributed by atoms with van der Waals surface area (Å²) in [7, 11) is 0. The summed E-state index contributed by atoms with van der Waals surface area (Å²) in [5.41, 5.74) is 17.3. The highest BCUT2D eigenvalue weighted by Crippen LogP contribution is 2.52. The lowest BCUT2D eigenvalue weighted by Crippen LogP contribution is -2.14. The number of benzene rings is 7. The first-order valence-electron chi connectivity index (χ1n) is 18.8. The lowest BCUT2D eigenvalue weighted by Gasteiger charge is -2.21. The molecule has 9 aromatic rings. The minimum absolute atomic E-state index is 0.0358. The molecule has 3 nitrogen and oxygen atoms in total. The van der Waals surface area contributed by atoms with Gasteiger partial charge in [-0.15, -0.1) is 0 Å². The van der Waals surface area contributed by atoms with Crippen LogP contribution < -0.4 is 0 Å². The smallest absolute Gasteiger partial charge is 0.160 e. The Morgan fingerprint density at radius 1 is 0.400 bits per heavy atom. The predicted molar refractivity (Wildman–Crippen MR) is 228 cm³/mol. The van der Waals surface area contributed by atoms with Gasteiger partial charge in [-0.2, -0.15) is 0 Å². The molecule has 7 aromatic carbocycles. The summed E-state index contributed by atoms with van der Waals surface area (Å²) in [4.78, 5) is 14.4. The van der Waals surface area contributed by atoms with Crippen molar-refractivity contribution in [2.24, 2.45) is 0 Å². The second-order valence-corrected chi connectivity index (χ2v) is 14.9. The number of aromatic nitrogens is 3. The minimum Gasteiger partial charge on any atom is -0.264 e. The van der Waals surface area contributed by atoms with Crippen molar-refractivity contribution in [2.45, 2.75) is 19.3 Å². The zero-order valence-corrected chi connectivity index (χ0v) is 30.7. The van der Waals surface area contributed by atoms with Crippen LogP contribution in [0.25, 0.3) is 89.2 Å². The zero-order valence-electron chi connectivity index (χ0n) is 30.7. The van der Waals surface area contributed by atoms with E-state index >= 15 is 0 Å². The van der Waals surface area contributed by atoms with Gasteiger partial charge < -0.3 is 0 Å². The third-order valence-corrected chi connectivity index (χ3v) is 11.2. The Bertz CT molecular complexity index is 2840. The first-order chi connectivity index (χ1) is 27.0. The van der Waals surface area contributed by atoms with Crippen molar-refractivity contribution in [1.82, 2.24) is 15.0 Å². The Labute approximate surface area is 321 Å². The van der Waals surface area contributed by atoms with E-state index in [1.165, 1.54) is 49.7 Å². The molecule has 2 heterocycles. The van der Waals surface area contributed by atoms with Crippen LogP contribution in [0, 0.1) is 0 Å². The Hall–Kier alpha value is -6.97. The fraction of sp³-hybridized carbons (Fsp3) is 0.0577. The Morgan fingerprint density at radius 2 is 0.927 bits per heavy atom. The van der Waals surface area contributed by atoms with E-state index in [2.05, 4.69) is 170 Å². The maximum atomic E-state index is 5.06. The standard InChI is InChI=1S/C52H37N3/c1-52(2)46-28-27-42(31-45(46)50-44-13-7-6-9-38(44)26-29-47(50)52)36-16-14-34(15-17-36)35-18-22-39(23-19-35)48-32-49(55-51(54-48)41-10-4-3-5-11-41)40-24-20-37(21-25-40)43-12-8-30-53-33-43/h3-33H,1-2H3. The van der Waals surface area contributed by atoms with Crippen molar-refractivity contribution in [2.75, 3.05) is 0 Å². The van der Waals surface area contributed by atoms with Gasteiger partial charge in [0.05, 0.1) is 11.4 Å². The molecule has 0 amide bonds. The van der Waals surface area contributed by atoms with Crippen LogP contribution in [-0.4, -0.2) is 15.0 Å². The van der Waals surface area contributed by atoms with Gasteiger partial charge in [0.15, 0.2) is 5.82 Å². The van der Waals surface area contributed by atoms with Gasteiger partial charge in [0.1, 0.15) is 0 Å². The van der Waals surface area contributed by atoms with Gasteiger partial charge in [0.2, 0.25) is 0 Å². The van der Waals surface area contributed by atoms with Crippen LogP contribution >= 0.6 is 0 Å². The van der Waals surface area contributed by atoms with Crippen LogP contribution in [0.3, 0.4) is 0 Å². The number of nitrogens with zero attached hydrogens (tertiary/aromatic N) is 3. The average molecular weight is 704 g/mol. The molecule has 260 valence electrons. The van der Waals surface area contributed by atoms with Gasteiger partial charge in [-0.1, -0.05) is 172 Å². The van der Waals surface area contributed by atoms with Gasteiger partial charge in [-0.25, -0.2) is 9.97 Å². The summed E-state index contributed by atoms with van der Waals surface area (Å²) in [6.07, 6.45) is 3.68. The second-order valence-electron chi connectivity index (χ2n) is 14.9. The van der Waals surface area contributed by atoms with Crippen LogP contribution in [-0.2, 0) is 5.41 Å². The lowest BCUT2D eigenvalue weighted by molar-refractivity contribution is 0.661. The zero-order chi connectivity index (χ0) is 36.9. The number of rotatable bonds is 6. The first-order valence-corrected chi connectivity index (χ1v) is 18.8. The van der Waals surface area contributed by atoms with Crippen LogP contribution in [0.1, 0.15) is 25.0 Å². The van der Waals surface area contributed by atoms with Crippen molar-refractivity contribution in [1.29, 1.82) is 0 Å². The molecular formula is C52H37N3. The maximum absolute atomic E-state index is 5.06. The molecule has 3 heteroatoms. The highest BCUT2D eigenvalue weighted by molar-refractivity contribution is 6.03. The van der Waals surface area contributed by atoms with Crippen LogP contribution in [0.15, 0.2) is 188 Å². The fourth-order valence-corrected chi connectivity index (χ4v) is 8.22. The van der Waals surface area contributed by atoms with Crippen molar-refractivity contribution in [3.05, 3.63) is 199 Å². The molecule has 2 aromatic heterocycles. The summed E-state index contributed by atoms with van der Waals surface area (Å²) in [6.45, 7) is 4.70. The van der Waals surface area contributed by atoms with E-state index in [1.807, 2.05) is 30.5 Å². The first kappa shape index (κ1) is 32.7. The van der Waals surface area contributed by atoms with E-state index in [-0.39, 0.29) is 5.41 Å². The summed E-state index contributed by atoms with van der Waals surface area (Å²) in [5.74, 6) is 0.705. The van der Waals surface area contributed by atoms with E-state index in [0.29, 0.717) is 5.82 Å². The Balaban J connectivity index is 0.953. The normalized spacial score (nSPS) is 12.7. The predicted octanol–water partition coefficient (Wildman–Crippen LogP) is 13.3. The molecule has 0 spiro atoms. The van der Waals surface area contributed by atoms with E-state index in [4.69, 9.17) is 9.97 Å². The molecule has 0 atom stereocenters. The molecule has 1 aliphatic rings. The molecule has 0 unspecified atom stereocenters. The molecular weight excluding hydrogens is 667 g/mol. The Morgan fingerprint density at radius 3 is 1.56 bits per heavy atom. The van der Waals surface area contributed by atoms with E-state index in [0.717, 1.165) is 44.8 Å². The summed E-state index contributed by atoms with van der Waals surface area (Å²) in [6, 6.07) is 62.9. The molecule has 0 fully saturated rings. The van der Waals surface area contributed by atoms with Crippen molar-refractivity contribution in [3.63, 3.8) is 0 Å². The third-order valence-electron chi connectivity index (χ3n) is 11.2. The summed E-state index contributed by atoms with van der Waals surface area (Å²) in [5, 5.41) is 2.61. The van der Waals surface area contributed by atoms with Crippen molar-refractivity contribution < 1.29 is 0 Å². The summed E-state index contributed by atoms with van der Waals surface area (Å²) < 4.78 is 0. The topological polar surface area (TPSA) is 38.7 Å². The van der Waals surface area contributed by atoms with Gasteiger partial charge in [0.25, 0.3) is 0 Å². The molecule has 1 aliphatic carbocycles. The van der Waals surface area contributed by atoms with E-state index in [9.17, 15) is 0 Å². The maximum Gasteiger partial charge on any atom is 0.160 e. The van der Waals surface area contributed by atoms with Crippen LogP contribution in [0.2, 0.25) is 0 Å². The third kappa shape index (κ3) is 5.82. The van der Waals surface area contributed by atoms with E-state index < -0.39 is 0 Å². The quantitative estimate of drug-likeness (QED) is 0.173. The molecule has 55 heavy (non-hydrogen) atoms. The minimum atomic E-state index is -0.0358. The second kappa shape index (κ2) is 13.2. The van der Waals surface area contributed by atoms with Gasteiger partial charge in [-0.3, -0.25) is 4.98 Å². The number of fused-ring (bicyclic) bond motifs is 5.